The maximum absolute atomic E-state index is 12.6. The number of nitrogens with zero attached hydrogens (tertiary/aromatic N) is 7. The molecule has 180 valence electrons. The van der Waals surface area contributed by atoms with Crippen LogP contribution in [-0.2, 0) is 0 Å². The van der Waals surface area contributed by atoms with Crippen molar-refractivity contribution in [2.45, 2.75) is 27.7 Å². The molecule has 0 saturated carbocycles. The summed E-state index contributed by atoms with van der Waals surface area (Å²) in [5, 5.41) is 15.8. The van der Waals surface area contributed by atoms with Crippen molar-refractivity contribution in [3.05, 3.63) is 95.3 Å². The fraction of sp³-hybridized carbons (Fsp3) is 0.154. The molecule has 0 radical (unpaired) electrons. The average molecular weight is 481 g/mol. The number of hydrogen-bond acceptors (Lipinski definition) is 7. The number of carbonyl (C=O) groups is 1. The minimum Gasteiger partial charge on any atom is -0.439 e. The maximum atomic E-state index is 12.6. The standard InChI is InChI=1S/C26H24N8O2/c1-16-17(2)31-33(18(16)3)24-14-25(29-19(4)28-24)36-22-12-10-20(11-13-22)30-26(35)23-15-27-34(32-23)21-8-6-5-7-9-21/h5-15H,1-4H3,(H,30,35). The van der Waals surface area contributed by atoms with Gasteiger partial charge in [-0.25, -0.2) is 9.67 Å². The van der Waals surface area contributed by atoms with Crippen LogP contribution in [0.4, 0.5) is 5.69 Å². The van der Waals surface area contributed by atoms with Crippen molar-refractivity contribution in [2.24, 2.45) is 0 Å². The number of para-hydroxylation sites is 1. The summed E-state index contributed by atoms with van der Waals surface area (Å²) in [6.07, 6.45) is 1.43. The van der Waals surface area contributed by atoms with Crippen LogP contribution >= 0.6 is 0 Å². The van der Waals surface area contributed by atoms with Crippen LogP contribution < -0.4 is 10.1 Å². The molecule has 0 fully saturated rings. The molecule has 1 N–H and O–H groups in total. The number of aryl methyl sites for hydroxylation is 2. The third-order valence-electron chi connectivity index (χ3n) is 5.72. The predicted molar refractivity (Wildman–Crippen MR) is 134 cm³/mol. The number of anilines is 1. The second kappa shape index (κ2) is 9.41. The lowest BCUT2D eigenvalue weighted by Gasteiger charge is -2.10. The van der Waals surface area contributed by atoms with Gasteiger partial charge in [-0.2, -0.15) is 20.0 Å². The molecule has 0 atom stereocenters. The van der Waals surface area contributed by atoms with E-state index < -0.39 is 0 Å². The molecule has 0 aliphatic heterocycles. The smallest absolute Gasteiger partial charge is 0.277 e. The molecule has 36 heavy (non-hydrogen) atoms. The summed E-state index contributed by atoms with van der Waals surface area (Å²) in [4.78, 5) is 22.9. The van der Waals surface area contributed by atoms with E-state index in [1.807, 2.05) is 58.0 Å². The molecule has 0 bridgehead atoms. The Kier molecular flexibility index (Phi) is 5.99. The fourth-order valence-electron chi connectivity index (χ4n) is 3.60. The number of rotatable bonds is 6. The van der Waals surface area contributed by atoms with Gasteiger partial charge in [0.15, 0.2) is 11.5 Å². The first-order chi connectivity index (χ1) is 17.4. The Morgan fingerprint density at radius 3 is 2.36 bits per heavy atom. The Labute approximate surface area is 207 Å². The summed E-state index contributed by atoms with van der Waals surface area (Å²) >= 11 is 0. The topological polar surface area (TPSA) is 113 Å². The van der Waals surface area contributed by atoms with E-state index in [9.17, 15) is 4.79 Å². The first-order valence-electron chi connectivity index (χ1n) is 11.3. The van der Waals surface area contributed by atoms with Crippen LogP contribution in [0.5, 0.6) is 11.6 Å². The second-order valence-corrected chi connectivity index (χ2v) is 8.25. The lowest BCUT2D eigenvalue weighted by Crippen LogP contribution is -2.13. The van der Waals surface area contributed by atoms with Crippen molar-refractivity contribution in [1.82, 2.24) is 34.7 Å². The average Bonchev–Trinajstić information content (AvgIpc) is 3.47. The number of ether oxygens (including phenoxy) is 1. The number of amides is 1. The van der Waals surface area contributed by atoms with Crippen LogP contribution in [-0.4, -0.2) is 40.6 Å². The van der Waals surface area contributed by atoms with E-state index in [2.05, 4.69) is 30.6 Å². The van der Waals surface area contributed by atoms with Crippen molar-refractivity contribution in [3.63, 3.8) is 0 Å². The molecule has 3 aromatic heterocycles. The zero-order valence-corrected chi connectivity index (χ0v) is 20.3. The minimum absolute atomic E-state index is 0.211. The Morgan fingerprint density at radius 2 is 1.67 bits per heavy atom. The molecule has 2 aromatic carbocycles. The van der Waals surface area contributed by atoms with Crippen molar-refractivity contribution < 1.29 is 9.53 Å². The van der Waals surface area contributed by atoms with E-state index in [0.29, 0.717) is 29.0 Å². The van der Waals surface area contributed by atoms with Gasteiger partial charge in [-0.05, 0) is 69.7 Å². The Bertz CT molecular complexity index is 1540. The molecular formula is C26H24N8O2. The molecule has 0 aliphatic rings. The van der Waals surface area contributed by atoms with Crippen molar-refractivity contribution in [1.29, 1.82) is 0 Å². The van der Waals surface area contributed by atoms with Crippen LogP contribution in [0.1, 0.15) is 33.3 Å². The Morgan fingerprint density at radius 1 is 0.917 bits per heavy atom. The molecule has 1 amide bonds. The molecule has 5 rings (SSSR count). The highest BCUT2D eigenvalue weighted by molar-refractivity contribution is 6.02. The van der Waals surface area contributed by atoms with Crippen molar-refractivity contribution in [2.75, 3.05) is 5.32 Å². The highest BCUT2D eigenvalue weighted by atomic mass is 16.5. The predicted octanol–water partition coefficient (Wildman–Crippen LogP) is 4.52. The fourth-order valence-corrected chi connectivity index (χ4v) is 3.60. The quantitative estimate of drug-likeness (QED) is 0.380. The van der Waals surface area contributed by atoms with Gasteiger partial charge in [-0.1, -0.05) is 18.2 Å². The summed E-state index contributed by atoms with van der Waals surface area (Å²) in [6, 6.07) is 18.1. The highest BCUT2D eigenvalue weighted by Crippen LogP contribution is 2.24. The molecule has 0 spiro atoms. The molecule has 3 heterocycles. The molecule has 10 nitrogen and oxygen atoms in total. The van der Waals surface area contributed by atoms with Gasteiger partial charge in [0.1, 0.15) is 11.6 Å². The van der Waals surface area contributed by atoms with Gasteiger partial charge >= 0.3 is 0 Å². The molecule has 5 aromatic rings. The first kappa shape index (κ1) is 22.9. The first-order valence-corrected chi connectivity index (χ1v) is 11.3. The Balaban J connectivity index is 1.28. The van der Waals surface area contributed by atoms with Crippen LogP contribution in [0, 0.1) is 27.7 Å². The van der Waals surface area contributed by atoms with E-state index in [4.69, 9.17) is 4.74 Å². The van der Waals surface area contributed by atoms with Gasteiger partial charge in [0.2, 0.25) is 5.88 Å². The normalized spacial score (nSPS) is 10.9. The van der Waals surface area contributed by atoms with Gasteiger partial charge in [0.25, 0.3) is 5.91 Å². The van der Waals surface area contributed by atoms with Crippen LogP contribution in [0.3, 0.4) is 0 Å². The van der Waals surface area contributed by atoms with Crippen LogP contribution in [0.2, 0.25) is 0 Å². The largest absolute Gasteiger partial charge is 0.439 e. The van der Waals surface area contributed by atoms with E-state index >= 15 is 0 Å². The van der Waals surface area contributed by atoms with Gasteiger partial charge in [0.05, 0.1) is 17.6 Å². The third-order valence-corrected chi connectivity index (χ3v) is 5.72. The summed E-state index contributed by atoms with van der Waals surface area (Å²) in [6.45, 7) is 7.81. The van der Waals surface area contributed by atoms with Crippen molar-refractivity contribution in [3.8, 4) is 23.1 Å². The highest BCUT2D eigenvalue weighted by Gasteiger charge is 2.14. The molecular weight excluding hydrogens is 456 g/mol. The minimum atomic E-state index is -0.359. The number of nitrogens with one attached hydrogen (secondary N) is 1. The van der Waals surface area contributed by atoms with E-state index in [1.54, 1.807) is 35.0 Å². The number of aromatic nitrogens is 7. The van der Waals surface area contributed by atoms with E-state index in [-0.39, 0.29) is 11.6 Å². The molecule has 0 saturated heterocycles. The van der Waals surface area contributed by atoms with Crippen LogP contribution in [0.25, 0.3) is 11.5 Å². The van der Waals surface area contributed by atoms with Gasteiger partial charge in [-0.15, -0.1) is 5.10 Å². The summed E-state index contributed by atoms with van der Waals surface area (Å²) in [7, 11) is 0. The summed E-state index contributed by atoms with van der Waals surface area (Å²) in [5.74, 6) is 1.81. The van der Waals surface area contributed by atoms with Crippen LogP contribution in [0.15, 0.2) is 66.9 Å². The summed E-state index contributed by atoms with van der Waals surface area (Å²) in [5.41, 5.74) is 4.66. The third kappa shape index (κ3) is 4.69. The lowest BCUT2D eigenvalue weighted by molar-refractivity contribution is 0.102. The second-order valence-electron chi connectivity index (χ2n) is 8.25. The molecule has 10 heteroatoms. The zero-order chi connectivity index (χ0) is 25.2. The monoisotopic (exact) mass is 480 g/mol. The Hall–Kier alpha value is -4.86. The van der Waals surface area contributed by atoms with Crippen molar-refractivity contribution >= 4 is 11.6 Å². The zero-order valence-electron chi connectivity index (χ0n) is 20.3. The van der Waals surface area contributed by atoms with Gasteiger partial charge in [0, 0.05) is 17.4 Å². The number of hydrogen-bond donors (Lipinski definition) is 1. The SMILES string of the molecule is Cc1nc(Oc2ccc(NC(=O)c3cnn(-c4ccccc4)n3)cc2)cc(-n2nc(C)c(C)c2C)n1. The maximum Gasteiger partial charge on any atom is 0.277 e. The number of carbonyl (C=O) groups excluding carboxylic acids is 1. The number of benzene rings is 2. The lowest BCUT2D eigenvalue weighted by atomic mass is 10.2. The van der Waals surface area contributed by atoms with Gasteiger partial charge < -0.3 is 10.1 Å². The van der Waals surface area contributed by atoms with E-state index in [1.165, 1.54) is 11.0 Å². The van der Waals surface area contributed by atoms with E-state index in [0.717, 1.165) is 22.6 Å². The molecule has 0 unspecified atom stereocenters. The van der Waals surface area contributed by atoms with Gasteiger partial charge in [-0.3, -0.25) is 4.79 Å². The molecule has 0 aliphatic carbocycles. The summed E-state index contributed by atoms with van der Waals surface area (Å²) < 4.78 is 7.76.